The highest BCUT2D eigenvalue weighted by atomic mass is 32.8. The van der Waals surface area contributed by atoms with Crippen LogP contribution in [0.5, 0.6) is 0 Å². The first-order valence-corrected chi connectivity index (χ1v) is 4.96. The van der Waals surface area contributed by atoms with Crippen LogP contribution in [-0.2, 0) is 24.3 Å². The third-order valence-electron chi connectivity index (χ3n) is 0.712. The minimum absolute atomic E-state index is 0.134. The van der Waals surface area contributed by atoms with E-state index in [2.05, 4.69) is 15.5 Å². The molecular weight excluding hydrogens is 162 g/mol. The van der Waals surface area contributed by atoms with Crippen LogP contribution in [-0.4, -0.2) is 21.8 Å². The van der Waals surface area contributed by atoms with Crippen molar-refractivity contribution >= 4 is 20.0 Å². The van der Waals surface area contributed by atoms with E-state index in [1.807, 2.05) is 0 Å². The van der Waals surface area contributed by atoms with Gasteiger partial charge in [0, 0.05) is 11.2 Å². The van der Waals surface area contributed by atoms with Gasteiger partial charge in [0.2, 0.25) is 0 Å². The summed E-state index contributed by atoms with van der Waals surface area (Å²) >= 11 is 4.31. The molecule has 0 aromatic carbocycles. The first kappa shape index (κ1) is 9.25. The van der Waals surface area contributed by atoms with E-state index in [1.54, 1.807) is 0 Å². The van der Waals surface area contributed by atoms with Crippen LogP contribution in [0.3, 0.4) is 0 Å². The second-order valence-electron chi connectivity index (χ2n) is 1.48. The molecule has 0 amide bonds. The molecule has 0 rings (SSSR count). The van der Waals surface area contributed by atoms with Crippen molar-refractivity contribution < 1.29 is 13.8 Å². The fourth-order valence-electron chi connectivity index (χ4n) is 0.297. The molecule has 0 saturated carbocycles. The summed E-state index contributed by atoms with van der Waals surface area (Å²) in [5.74, 6) is 0.134. The van der Waals surface area contributed by atoms with Crippen molar-refractivity contribution in [3.8, 4) is 0 Å². The molecule has 0 aliphatic rings. The Kier molecular flexibility index (Phi) is 4.24. The van der Waals surface area contributed by atoms with Gasteiger partial charge >= 0.3 is 0 Å². The first-order chi connectivity index (χ1) is 4.12. The monoisotopic (exact) mass is 171 g/mol. The minimum atomic E-state index is -2.87. The Hall–Kier alpha value is 0.250. The molecule has 0 fully saturated rings. The average molecular weight is 171 g/mol. The molecule has 0 radical (unpaired) electrons. The Morgan fingerprint density at radius 3 is 2.67 bits per heavy atom. The van der Waals surface area contributed by atoms with E-state index >= 15 is 0 Å². The maximum Gasteiger partial charge on any atom is 0.173 e. The van der Waals surface area contributed by atoms with E-state index in [4.69, 9.17) is 11.0 Å². The van der Waals surface area contributed by atoms with E-state index < -0.39 is 8.77 Å². The Bertz CT molecular complexity index is 152. The standard InChI is InChI=1S/C3H9NO3S2/c4-2-1-3-9(6,8)7-5/h5H,1-4H2. The highest BCUT2D eigenvalue weighted by Crippen LogP contribution is 1.92. The van der Waals surface area contributed by atoms with Crippen molar-refractivity contribution in [3.05, 3.63) is 0 Å². The Labute approximate surface area is 58.8 Å². The Morgan fingerprint density at radius 2 is 2.33 bits per heavy atom. The van der Waals surface area contributed by atoms with E-state index in [0.29, 0.717) is 13.0 Å². The van der Waals surface area contributed by atoms with Crippen molar-refractivity contribution in [1.82, 2.24) is 0 Å². The molecule has 0 heterocycles. The van der Waals surface area contributed by atoms with Gasteiger partial charge in [-0.25, -0.2) is 9.47 Å². The molecule has 4 nitrogen and oxygen atoms in total. The lowest BCUT2D eigenvalue weighted by Crippen LogP contribution is -2.11. The lowest BCUT2D eigenvalue weighted by molar-refractivity contribution is -0.124. The molecule has 0 aromatic rings. The molecule has 0 aliphatic carbocycles. The number of rotatable bonds is 4. The van der Waals surface area contributed by atoms with Gasteiger partial charge in [0.05, 0.1) is 5.75 Å². The summed E-state index contributed by atoms with van der Waals surface area (Å²) in [4.78, 5) is 0. The predicted octanol–water partition coefficient (Wildman–Crippen LogP) is -0.514. The summed E-state index contributed by atoms with van der Waals surface area (Å²) in [6.45, 7) is 0.400. The average Bonchev–Trinajstić information content (AvgIpc) is 1.84. The smallest absolute Gasteiger partial charge is 0.173 e. The number of hydrogen-bond donors (Lipinski definition) is 2. The van der Waals surface area contributed by atoms with Gasteiger partial charge < -0.3 is 5.73 Å². The second-order valence-corrected chi connectivity index (χ2v) is 4.67. The summed E-state index contributed by atoms with van der Waals surface area (Å²) in [5, 5.41) is 7.90. The van der Waals surface area contributed by atoms with Gasteiger partial charge in [0.1, 0.15) is 0 Å². The summed E-state index contributed by atoms with van der Waals surface area (Å²) in [6.07, 6.45) is 0.503. The van der Waals surface area contributed by atoms with E-state index in [9.17, 15) is 4.21 Å². The van der Waals surface area contributed by atoms with Crippen LogP contribution in [0.15, 0.2) is 0 Å². The maximum atomic E-state index is 10.6. The number of nitrogens with two attached hydrogens (primary N) is 1. The molecule has 0 aromatic heterocycles. The van der Waals surface area contributed by atoms with Crippen molar-refractivity contribution in [3.63, 3.8) is 0 Å². The van der Waals surface area contributed by atoms with E-state index in [1.165, 1.54) is 0 Å². The summed E-state index contributed by atoms with van der Waals surface area (Å²) in [7, 11) is -2.87. The molecular formula is C3H9NO3S2. The van der Waals surface area contributed by atoms with Crippen LogP contribution in [0.1, 0.15) is 6.42 Å². The van der Waals surface area contributed by atoms with Crippen molar-refractivity contribution in [2.75, 3.05) is 12.3 Å². The van der Waals surface area contributed by atoms with Crippen molar-refractivity contribution in [2.45, 2.75) is 6.42 Å². The van der Waals surface area contributed by atoms with Crippen molar-refractivity contribution in [1.29, 1.82) is 0 Å². The summed E-state index contributed by atoms with van der Waals surface area (Å²) < 4.78 is 14.1. The van der Waals surface area contributed by atoms with Crippen LogP contribution < -0.4 is 5.73 Å². The molecule has 0 bridgehead atoms. The van der Waals surface area contributed by atoms with Crippen molar-refractivity contribution in [2.24, 2.45) is 5.73 Å². The SMILES string of the molecule is NCCCS(=O)(=S)OO. The lowest BCUT2D eigenvalue weighted by atomic mass is 10.5. The van der Waals surface area contributed by atoms with E-state index in [-0.39, 0.29) is 5.75 Å². The number of hydrogen-bond acceptors (Lipinski definition) is 5. The first-order valence-electron chi connectivity index (χ1n) is 2.38. The quantitative estimate of drug-likeness (QED) is 0.440. The second kappa shape index (κ2) is 4.13. The fourth-order valence-corrected chi connectivity index (χ4v) is 1.25. The third kappa shape index (κ3) is 4.73. The molecule has 0 saturated heterocycles. The van der Waals surface area contributed by atoms with Crippen LogP contribution in [0.25, 0.3) is 0 Å². The summed E-state index contributed by atoms with van der Waals surface area (Å²) in [6, 6.07) is 0. The van der Waals surface area contributed by atoms with Gasteiger partial charge in [-0.15, -0.1) is 4.33 Å². The highest BCUT2D eigenvalue weighted by Gasteiger charge is 2.02. The normalized spacial score (nSPS) is 17.1. The Morgan fingerprint density at radius 1 is 1.78 bits per heavy atom. The van der Waals surface area contributed by atoms with Crippen LogP contribution in [0.4, 0.5) is 0 Å². The van der Waals surface area contributed by atoms with Crippen LogP contribution >= 0.6 is 0 Å². The largest absolute Gasteiger partial charge is 0.330 e. The van der Waals surface area contributed by atoms with Gasteiger partial charge in [0.15, 0.2) is 8.77 Å². The predicted molar refractivity (Wildman–Crippen MR) is 37.8 cm³/mol. The third-order valence-corrected chi connectivity index (χ3v) is 2.41. The molecule has 1 atom stereocenters. The lowest BCUT2D eigenvalue weighted by Gasteiger charge is -1.98. The topological polar surface area (TPSA) is 72.6 Å². The highest BCUT2D eigenvalue weighted by molar-refractivity contribution is 8.30. The molecule has 56 valence electrons. The van der Waals surface area contributed by atoms with E-state index in [0.717, 1.165) is 0 Å². The zero-order chi connectivity index (χ0) is 7.33. The van der Waals surface area contributed by atoms with Gasteiger partial charge in [-0.2, -0.15) is 0 Å². The molecule has 3 N–H and O–H groups in total. The van der Waals surface area contributed by atoms with Crippen LogP contribution in [0.2, 0.25) is 0 Å². The van der Waals surface area contributed by atoms with Gasteiger partial charge in [0.25, 0.3) is 0 Å². The molecule has 1 unspecified atom stereocenters. The maximum absolute atomic E-state index is 10.6. The molecule has 0 aliphatic heterocycles. The zero-order valence-corrected chi connectivity index (χ0v) is 6.41. The van der Waals surface area contributed by atoms with Gasteiger partial charge in [-0.3, -0.25) is 0 Å². The minimum Gasteiger partial charge on any atom is -0.330 e. The van der Waals surface area contributed by atoms with Crippen LogP contribution in [0, 0.1) is 0 Å². The molecule has 6 heteroatoms. The van der Waals surface area contributed by atoms with Gasteiger partial charge in [-0.05, 0) is 13.0 Å². The molecule has 9 heavy (non-hydrogen) atoms. The molecule has 0 spiro atoms. The van der Waals surface area contributed by atoms with Gasteiger partial charge in [-0.1, -0.05) is 0 Å². The fraction of sp³-hybridized carbons (Fsp3) is 1.00. The zero-order valence-electron chi connectivity index (χ0n) is 4.78. The summed E-state index contributed by atoms with van der Waals surface area (Å²) in [5.41, 5.74) is 5.08. The Balaban J connectivity index is 3.61.